The van der Waals surface area contributed by atoms with E-state index in [1.54, 1.807) is 0 Å². The van der Waals surface area contributed by atoms with Crippen molar-refractivity contribution in [3.05, 3.63) is 5.57 Å². The number of carboxylic acids is 1. The van der Waals surface area contributed by atoms with Crippen LogP contribution in [0.15, 0.2) is 5.57 Å². The molecule has 0 rings (SSSR count). The molecule has 0 aliphatic rings. The molecule has 1 N–H and O–H groups in total. The third kappa shape index (κ3) is 2.99. The van der Waals surface area contributed by atoms with Gasteiger partial charge in [0.15, 0.2) is 0 Å². The first-order valence-electron chi connectivity index (χ1n) is 2.65. The summed E-state index contributed by atoms with van der Waals surface area (Å²) in [4.78, 5) is 19.6. The van der Waals surface area contributed by atoms with Crippen LogP contribution in [0.3, 0.4) is 0 Å². The standard InChI is InChI=1S/C6H7FO3/c1-4(3-8)2-5(7)6(9)10/h5H,2H2,1H3,(H,9,10). The van der Waals surface area contributed by atoms with Crippen molar-refractivity contribution in [1.82, 2.24) is 0 Å². The second-order valence-electron chi connectivity index (χ2n) is 1.89. The molecule has 0 aliphatic carbocycles. The molecule has 0 amide bonds. The number of alkyl halides is 1. The third-order valence-electron chi connectivity index (χ3n) is 0.928. The molecule has 1 unspecified atom stereocenters. The summed E-state index contributed by atoms with van der Waals surface area (Å²) in [5, 5.41) is 8.01. The van der Waals surface area contributed by atoms with Crippen molar-refractivity contribution in [3.8, 4) is 0 Å². The first kappa shape index (κ1) is 8.85. The molecule has 0 radical (unpaired) electrons. The van der Waals surface area contributed by atoms with Gasteiger partial charge in [0.05, 0.1) is 0 Å². The van der Waals surface area contributed by atoms with Gasteiger partial charge in [-0.25, -0.2) is 14.0 Å². The lowest BCUT2D eigenvalue weighted by molar-refractivity contribution is -0.142. The van der Waals surface area contributed by atoms with Gasteiger partial charge in [-0.1, -0.05) is 0 Å². The minimum atomic E-state index is -1.98. The van der Waals surface area contributed by atoms with Gasteiger partial charge in [-0.3, -0.25) is 0 Å². The zero-order valence-electron chi connectivity index (χ0n) is 5.43. The summed E-state index contributed by atoms with van der Waals surface area (Å²) in [7, 11) is 0. The molecule has 0 spiro atoms. The normalized spacial score (nSPS) is 11.8. The summed E-state index contributed by atoms with van der Waals surface area (Å²) < 4.78 is 12.2. The molecule has 0 heterocycles. The molecular weight excluding hydrogens is 139 g/mol. The molecular formula is C6H7FO3. The molecule has 4 heteroatoms. The van der Waals surface area contributed by atoms with Crippen LogP contribution in [0.5, 0.6) is 0 Å². The van der Waals surface area contributed by atoms with Crippen molar-refractivity contribution in [2.45, 2.75) is 19.5 Å². The fraction of sp³-hybridized carbons (Fsp3) is 0.500. The van der Waals surface area contributed by atoms with Crippen LogP contribution in [-0.2, 0) is 9.59 Å². The van der Waals surface area contributed by atoms with E-state index in [4.69, 9.17) is 5.11 Å². The second kappa shape index (κ2) is 3.80. The summed E-state index contributed by atoms with van der Waals surface area (Å²) in [6.45, 7) is 1.34. The number of allylic oxidation sites excluding steroid dienone is 1. The number of rotatable bonds is 3. The van der Waals surface area contributed by atoms with Gasteiger partial charge >= 0.3 is 5.97 Å². The highest BCUT2D eigenvalue weighted by Crippen LogP contribution is 2.04. The van der Waals surface area contributed by atoms with Crippen molar-refractivity contribution in [1.29, 1.82) is 0 Å². The first-order valence-corrected chi connectivity index (χ1v) is 2.65. The number of carbonyl (C=O) groups excluding carboxylic acids is 1. The molecule has 0 aromatic carbocycles. The van der Waals surface area contributed by atoms with Crippen LogP contribution in [0.4, 0.5) is 4.39 Å². The van der Waals surface area contributed by atoms with E-state index in [2.05, 4.69) is 0 Å². The van der Waals surface area contributed by atoms with Crippen molar-refractivity contribution in [2.24, 2.45) is 0 Å². The molecule has 0 fully saturated rings. The highest BCUT2D eigenvalue weighted by Gasteiger charge is 2.15. The minimum Gasteiger partial charge on any atom is -0.479 e. The molecule has 10 heavy (non-hydrogen) atoms. The zero-order chi connectivity index (χ0) is 8.15. The van der Waals surface area contributed by atoms with Crippen molar-refractivity contribution in [3.63, 3.8) is 0 Å². The summed E-state index contributed by atoms with van der Waals surface area (Å²) in [5.41, 5.74) is 0.0786. The molecule has 1 atom stereocenters. The van der Waals surface area contributed by atoms with Gasteiger partial charge < -0.3 is 5.11 Å². The zero-order valence-corrected chi connectivity index (χ0v) is 5.43. The van der Waals surface area contributed by atoms with E-state index in [-0.39, 0.29) is 12.0 Å². The second-order valence-corrected chi connectivity index (χ2v) is 1.89. The van der Waals surface area contributed by atoms with Crippen LogP contribution in [0, 0.1) is 0 Å². The van der Waals surface area contributed by atoms with Crippen molar-refractivity contribution < 1.29 is 19.1 Å². The number of halogens is 1. The van der Waals surface area contributed by atoms with Crippen LogP contribution in [-0.4, -0.2) is 23.2 Å². The monoisotopic (exact) mass is 146 g/mol. The SMILES string of the molecule is CC(=C=O)CC(F)C(=O)O. The van der Waals surface area contributed by atoms with E-state index in [1.807, 2.05) is 0 Å². The van der Waals surface area contributed by atoms with E-state index in [0.29, 0.717) is 0 Å². The Morgan fingerprint density at radius 3 is 2.60 bits per heavy atom. The van der Waals surface area contributed by atoms with Crippen LogP contribution >= 0.6 is 0 Å². The fourth-order valence-corrected chi connectivity index (χ4v) is 0.398. The molecule has 0 bridgehead atoms. The highest BCUT2D eigenvalue weighted by molar-refractivity contribution is 5.73. The maximum absolute atomic E-state index is 12.2. The first-order chi connectivity index (χ1) is 4.57. The van der Waals surface area contributed by atoms with E-state index < -0.39 is 12.1 Å². The highest BCUT2D eigenvalue weighted by atomic mass is 19.1. The number of carboxylic acid groups (broad SMARTS) is 1. The Kier molecular flexibility index (Phi) is 3.36. The van der Waals surface area contributed by atoms with Crippen LogP contribution in [0.1, 0.15) is 13.3 Å². The molecule has 0 saturated carbocycles. The molecule has 0 aromatic heterocycles. The Balaban J connectivity index is 3.91. The van der Waals surface area contributed by atoms with E-state index >= 15 is 0 Å². The molecule has 0 saturated heterocycles. The Bertz CT molecular complexity index is 181. The summed E-state index contributed by atoms with van der Waals surface area (Å²) in [5.74, 6) is -0.133. The number of carbonyl (C=O) groups is 1. The quantitative estimate of drug-likeness (QED) is 0.592. The topological polar surface area (TPSA) is 54.4 Å². The lowest BCUT2D eigenvalue weighted by Gasteiger charge is -1.97. The van der Waals surface area contributed by atoms with E-state index in [1.165, 1.54) is 12.9 Å². The van der Waals surface area contributed by atoms with Gasteiger partial charge in [-0.05, 0) is 6.92 Å². The Morgan fingerprint density at radius 2 is 2.30 bits per heavy atom. The van der Waals surface area contributed by atoms with Gasteiger partial charge in [0.1, 0.15) is 5.94 Å². The summed E-state index contributed by atoms with van der Waals surface area (Å²) in [6, 6.07) is 0. The molecule has 56 valence electrons. The third-order valence-corrected chi connectivity index (χ3v) is 0.928. The van der Waals surface area contributed by atoms with Crippen LogP contribution in [0.25, 0.3) is 0 Å². The fourth-order valence-electron chi connectivity index (χ4n) is 0.398. The Morgan fingerprint density at radius 1 is 1.80 bits per heavy atom. The van der Waals surface area contributed by atoms with Gasteiger partial charge in [0, 0.05) is 12.0 Å². The van der Waals surface area contributed by atoms with Gasteiger partial charge in [0.25, 0.3) is 0 Å². The maximum Gasteiger partial charge on any atom is 0.338 e. The number of aliphatic carboxylic acids is 1. The Labute approximate surface area is 57.2 Å². The van der Waals surface area contributed by atoms with E-state index in [0.717, 1.165) is 0 Å². The summed E-state index contributed by atoms with van der Waals surface area (Å²) >= 11 is 0. The van der Waals surface area contributed by atoms with Crippen LogP contribution < -0.4 is 0 Å². The lowest BCUT2D eigenvalue weighted by atomic mass is 10.2. The minimum absolute atomic E-state index is 0.0786. The number of hydrogen-bond acceptors (Lipinski definition) is 2. The predicted octanol–water partition coefficient (Wildman–Crippen LogP) is 0.577. The molecule has 3 nitrogen and oxygen atoms in total. The average Bonchev–Trinajstić information content (AvgIpc) is 1.87. The maximum atomic E-state index is 12.2. The van der Waals surface area contributed by atoms with E-state index in [9.17, 15) is 14.0 Å². The smallest absolute Gasteiger partial charge is 0.338 e. The number of hydrogen-bond donors (Lipinski definition) is 1. The van der Waals surface area contributed by atoms with Crippen molar-refractivity contribution in [2.75, 3.05) is 0 Å². The van der Waals surface area contributed by atoms with Gasteiger partial charge in [-0.15, -0.1) is 0 Å². The predicted molar refractivity (Wildman–Crippen MR) is 32.0 cm³/mol. The molecule has 0 aliphatic heterocycles. The van der Waals surface area contributed by atoms with Gasteiger partial charge in [0.2, 0.25) is 6.17 Å². The Hall–Kier alpha value is -1.15. The van der Waals surface area contributed by atoms with Crippen molar-refractivity contribution >= 4 is 11.9 Å². The lowest BCUT2D eigenvalue weighted by Crippen LogP contribution is -2.14. The average molecular weight is 146 g/mol. The molecule has 0 aromatic rings. The van der Waals surface area contributed by atoms with Gasteiger partial charge in [-0.2, -0.15) is 0 Å². The summed E-state index contributed by atoms with van der Waals surface area (Å²) in [6.07, 6.45) is -2.36. The van der Waals surface area contributed by atoms with Crippen LogP contribution in [0.2, 0.25) is 0 Å². The largest absolute Gasteiger partial charge is 0.479 e.